The van der Waals surface area contributed by atoms with Crippen LogP contribution >= 0.6 is 0 Å². The predicted molar refractivity (Wildman–Crippen MR) is 92.1 cm³/mol. The van der Waals surface area contributed by atoms with Crippen molar-refractivity contribution in [2.24, 2.45) is 7.05 Å². The molecule has 2 aromatic carbocycles. The number of aryl methyl sites for hydroxylation is 1. The fourth-order valence-electron chi connectivity index (χ4n) is 2.70. The van der Waals surface area contributed by atoms with Crippen LogP contribution in [0.4, 0.5) is 0 Å². The van der Waals surface area contributed by atoms with Crippen molar-refractivity contribution in [2.45, 2.75) is 6.54 Å². The Balaban J connectivity index is 0.00000182. The maximum absolute atomic E-state index is 5.90. The molecule has 0 amide bonds. The summed E-state index contributed by atoms with van der Waals surface area (Å²) in [6.45, 7) is 0.849. The molecule has 5 heteroatoms. The molecule has 0 saturated heterocycles. The van der Waals surface area contributed by atoms with Crippen molar-refractivity contribution < 1.29 is 26.0 Å². The van der Waals surface area contributed by atoms with Crippen LogP contribution in [0, 0.1) is 0 Å². The molecule has 2 aromatic heterocycles. The molecule has 0 bridgehead atoms. The van der Waals surface area contributed by atoms with E-state index in [1.165, 1.54) is 5.56 Å². The van der Waals surface area contributed by atoms with Crippen LogP contribution in [0.2, 0.25) is 0 Å². The summed E-state index contributed by atoms with van der Waals surface area (Å²) in [5, 5.41) is 0. The van der Waals surface area contributed by atoms with Gasteiger partial charge in [-0.2, -0.15) is 0 Å². The lowest BCUT2D eigenvalue weighted by atomic mass is 10.1. The SMILES string of the molecule is C[n+]1ccn(Cc2ccc(-c3ncc(-c4ccccc4)o3)cc2)c1.[Br-]. The van der Waals surface area contributed by atoms with Gasteiger partial charge >= 0.3 is 0 Å². The fourth-order valence-corrected chi connectivity index (χ4v) is 2.70. The first-order valence-electron chi connectivity index (χ1n) is 7.89. The van der Waals surface area contributed by atoms with Gasteiger partial charge < -0.3 is 21.4 Å². The predicted octanol–water partition coefficient (Wildman–Crippen LogP) is 0.687. The number of imidazole rings is 1. The lowest BCUT2D eigenvalue weighted by Gasteiger charge is -2.00. The van der Waals surface area contributed by atoms with E-state index < -0.39 is 0 Å². The van der Waals surface area contributed by atoms with Crippen molar-refractivity contribution in [2.75, 3.05) is 0 Å². The van der Waals surface area contributed by atoms with E-state index in [2.05, 4.69) is 46.3 Å². The van der Waals surface area contributed by atoms with Crippen molar-refractivity contribution in [1.82, 2.24) is 9.55 Å². The molecule has 0 radical (unpaired) electrons. The maximum atomic E-state index is 5.90. The number of hydrogen-bond acceptors (Lipinski definition) is 2. The average Bonchev–Trinajstić information content (AvgIpc) is 3.26. The minimum Gasteiger partial charge on any atom is -1.00 e. The van der Waals surface area contributed by atoms with Crippen molar-refractivity contribution in [1.29, 1.82) is 0 Å². The molecule has 0 saturated carbocycles. The molecule has 0 N–H and O–H groups in total. The molecule has 0 fully saturated rings. The molecule has 2 heterocycles. The van der Waals surface area contributed by atoms with Crippen LogP contribution in [0.3, 0.4) is 0 Å². The molecular formula is C20H18BrN3O. The molecule has 4 aromatic rings. The van der Waals surface area contributed by atoms with Crippen LogP contribution in [0.1, 0.15) is 5.56 Å². The molecular weight excluding hydrogens is 378 g/mol. The number of halogens is 1. The zero-order chi connectivity index (χ0) is 16.4. The average molecular weight is 396 g/mol. The Labute approximate surface area is 157 Å². The van der Waals surface area contributed by atoms with Crippen LogP contribution < -0.4 is 21.5 Å². The highest BCUT2D eigenvalue weighted by molar-refractivity contribution is 5.61. The van der Waals surface area contributed by atoms with Gasteiger partial charge in [-0.1, -0.05) is 42.5 Å². The summed E-state index contributed by atoms with van der Waals surface area (Å²) in [6, 6.07) is 18.3. The zero-order valence-electron chi connectivity index (χ0n) is 13.8. The van der Waals surface area contributed by atoms with E-state index in [0.717, 1.165) is 23.4 Å². The van der Waals surface area contributed by atoms with Crippen molar-refractivity contribution in [3.05, 3.63) is 85.1 Å². The summed E-state index contributed by atoms with van der Waals surface area (Å²) >= 11 is 0. The van der Waals surface area contributed by atoms with Crippen LogP contribution in [0.15, 0.2) is 83.9 Å². The Hall–Kier alpha value is -2.66. The lowest BCUT2D eigenvalue weighted by molar-refractivity contribution is -0.671. The Morgan fingerprint density at radius 2 is 1.76 bits per heavy atom. The van der Waals surface area contributed by atoms with Crippen LogP contribution in [0.25, 0.3) is 22.8 Å². The first-order valence-corrected chi connectivity index (χ1v) is 7.89. The molecule has 0 aliphatic heterocycles. The quantitative estimate of drug-likeness (QED) is 0.476. The molecule has 126 valence electrons. The van der Waals surface area contributed by atoms with E-state index in [1.54, 1.807) is 6.20 Å². The third-order valence-corrected chi connectivity index (χ3v) is 3.95. The monoisotopic (exact) mass is 395 g/mol. The van der Waals surface area contributed by atoms with Crippen LogP contribution in [-0.2, 0) is 13.6 Å². The van der Waals surface area contributed by atoms with Crippen molar-refractivity contribution >= 4 is 0 Å². The largest absolute Gasteiger partial charge is 1.00 e. The van der Waals surface area contributed by atoms with Gasteiger partial charge in [-0.15, -0.1) is 0 Å². The molecule has 0 atom stereocenters. The van der Waals surface area contributed by atoms with Crippen LogP contribution in [-0.4, -0.2) is 9.55 Å². The molecule has 4 nitrogen and oxygen atoms in total. The Morgan fingerprint density at radius 3 is 2.44 bits per heavy atom. The van der Waals surface area contributed by atoms with Gasteiger partial charge in [0.05, 0.1) is 13.2 Å². The number of rotatable bonds is 4. The van der Waals surface area contributed by atoms with Crippen molar-refractivity contribution in [3.63, 3.8) is 0 Å². The summed E-state index contributed by atoms with van der Waals surface area (Å²) < 4.78 is 10.1. The minimum atomic E-state index is 0. The molecule has 0 unspecified atom stereocenters. The van der Waals surface area contributed by atoms with Gasteiger partial charge in [0.2, 0.25) is 12.2 Å². The highest BCUT2D eigenvalue weighted by Crippen LogP contribution is 2.26. The normalized spacial score (nSPS) is 10.4. The second kappa shape index (κ2) is 7.49. The summed E-state index contributed by atoms with van der Waals surface area (Å²) in [4.78, 5) is 4.40. The van der Waals surface area contributed by atoms with Gasteiger partial charge in [0.1, 0.15) is 18.9 Å². The Morgan fingerprint density at radius 1 is 1.00 bits per heavy atom. The summed E-state index contributed by atoms with van der Waals surface area (Å²) in [6.07, 6.45) is 7.94. The lowest BCUT2D eigenvalue weighted by Crippen LogP contribution is -3.00. The Kier molecular flexibility index (Phi) is 5.14. The van der Waals surface area contributed by atoms with Crippen molar-refractivity contribution in [3.8, 4) is 22.8 Å². The van der Waals surface area contributed by atoms with Gasteiger partial charge in [0.15, 0.2) is 5.76 Å². The number of benzene rings is 2. The molecule has 25 heavy (non-hydrogen) atoms. The van der Waals surface area contributed by atoms with E-state index in [1.807, 2.05) is 48.1 Å². The fraction of sp³-hybridized carbons (Fsp3) is 0.100. The van der Waals surface area contributed by atoms with Gasteiger partial charge in [0, 0.05) is 11.1 Å². The zero-order valence-corrected chi connectivity index (χ0v) is 15.4. The Bertz CT molecular complexity index is 943. The van der Waals surface area contributed by atoms with E-state index in [9.17, 15) is 0 Å². The molecule has 0 spiro atoms. The second-order valence-electron chi connectivity index (χ2n) is 5.84. The summed E-state index contributed by atoms with van der Waals surface area (Å²) in [5.41, 5.74) is 3.26. The highest BCUT2D eigenvalue weighted by atomic mass is 79.9. The first-order chi connectivity index (χ1) is 11.8. The van der Waals surface area contributed by atoms with E-state index in [0.29, 0.717) is 5.89 Å². The number of nitrogens with zero attached hydrogens (tertiary/aromatic N) is 3. The van der Waals surface area contributed by atoms with E-state index in [4.69, 9.17) is 4.42 Å². The standard InChI is InChI=1S/C20H18N3O.BrH/c1-22-11-12-23(15-22)14-16-7-9-18(10-8-16)20-21-13-19(24-20)17-5-3-2-4-6-17;/h2-13,15H,14H2,1H3;1H/q+1;/p-1. The smallest absolute Gasteiger partial charge is 0.243 e. The third-order valence-electron chi connectivity index (χ3n) is 3.95. The van der Waals surface area contributed by atoms with Gasteiger partial charge in [-0.25, -0.2) is 14.1 Å². The second-order valence-corrected chi connectivity index (χ2v) is 5.84. The number of aromatic nitrogens is 3. The van der Waals surface area contributed by atoms with E-state index in [-0.39, 0.29) is 17.0 Å². The van der Waals surface area contributed by atoms with Gasteiger partial charge in [-0.05, 0) is 17.7 Å². The molecule has 0 aliphatic rings. The van der Waals surface area contributed by atoms with Gasteiger partial charge in [0.25, 0.3) is 0 Å². The highest BCUT2D eigenvalue weighted by Gasteiger charge is 2.09. The van der Waals surface area contributed by atoms with E-state index >= 15 is 0 Å². The topological polar surface area (TPSA) is 34.8 Å². The number of oxazole rings is 1. The molecule has 0 aliphatic carbocycles. The maximum Gasteiger partial charge on any atom is 0.243 e. The first kappa shape index (κ1) is 17.2. The third kappa shape index (κ3) is 3.88. The van der Waals surface area contributed by atoms with Crippen LogP contribution in [0.5, 0.6) is 0 Å². The summed E-state index contributed by atoms with van der Waals surface area (Å²) in [7, 11) is 2.02. The molecule has 4 rings (SSSR count). The van der Waals surface area contributed by atoms with Gasteiger partial charge in [-0.3, -0.25) is 0 Å². The number of hydrogen-bond donors (Lipinski definition) is 0. The summed E-state index contributed by atoms with van der Waals surface area (Å²) in [5.74, 6) is 1.43. The minimum absolute atomic E-state index is 0.